The molecule has 3 aliphatic rings. The predicted molar refractivity (Wildman–Crippen MR) is 175 cm³/mol. The summed E-state index contributed by atoms with van der Waals surface area (Å²) in [4.78, 5) is 15.7. The number of likely N-dealkylation sites (tertiary alicyclic amines) is 1. The first-order valence-corrected chi connectivity index (χ1v) is 17.0. The van der Waals surface area contributed by atoms with Crippen molar-refractivity contribution in [3.8, 4) is 17.6 Å². The zero-order chi connectivity index (χ0) is 35.5. The Bertz CT molecular complexity index is 1760. The van der Waals surface area contributed by atoms with Crippen molar-refractivity contribution >= 4 is 23.3 Å². The number of piperidine rings is 2. The molecule has 0 radical (unpaired) electrons. The lowest BCUT2D eigenvalue weighted by Gasteiger charge is -2.33. The van der Waals surface area contributed by atoms with Crippen LogP contribution in [0.2, 0.25) is 0 Å². The Morgan fingerprint density at radius 3 is 2.49 bits per heavy atom. The van der Waals surface area contributed by atoms with Gasteiger partial charge in [0, 0.05) is 62.1 Å². The average molecular weight is 718 g/mol. The highest BCUT2D eigenvalue weighted by molar-refractivity contribution is 5.52. The van der Waals surface area contributed by atoms with Crippen LogP contribution < -0.4 is 34.7 Å². The fourth-order valence-electron chi connectivity index (χ4n) is 6.75. The van der Waals surface area contributed by atoms with Crippen LogP contribution in [-0.4, -0.2) is 97.2 Å². The zero-order valence-corrected chi connectivity index (χ0v) is 28.2. The topological polar surface area (TPSA) is 167 Å². The second-order valence-corrected chi connectivity index (χ2v) is 13.5. The summed E-state index contributed by atoms with van der Waals surface area (Å²) >= 11 is 0. The fraction of sp³-hybridized carbons (Fsp3) is 0.562. The molecule has 1 saturated carbocycles. The van der Waals surface area contributed by atoms with E-state index in [1.807, 2.05) is 17.0 Å². The van der Waals surface area contributed by atoms with E-state index in [-0.39, 0.29) is 48.9 Å². The van der Waals surface area contributed by atoms with Crippen LogP contribution in [0.4, 0.5) is 40.8 Å². The Morgan fingerprint density at radius 2 is 1.71 bits per heavy atom. The minimum absolute atomic E-state index is 0.0139. The van der Waals surface area contributed by atoms with Gasteiger partial charge in [0.2, 0.25) is 30.1 Å². The Hall–Kier alpha value is -4.78. The van der Waals surface area contributed by atoms with Crippen LogP contribution in [0.1, 0.15) is 57.1 Å². The number of alkyl halides is 4. The lowest BCUT2D eigenvalue weighted by atomic mass is 9.79. The third-order valence-corrected chi connectivity index (χ3v) is 9.17. The molecular weight excluding hydrogens is 676 g/mol. The number of anilines is 4. The molecule has 3 atom stereocenters. The molecule has 0 amide bonds. The van der Waals surface area contributed by atoms with Crippen molar-refractivity contribution in [1.82, 2.24) is 45.6 Å². The zero-order valence-electron chi connectivity index (χ0n) is 28.2. The molecule has 7 rings (SSSR count). The number of halogens is 4. The van der Waals surface area contributed by atoms with Crippen molar-refractivity contribution in [2.24, 2.45) is 0 Å². The molecule has 2 aliphatic heterocycles. The summed E-state index contributed by atoms with van der Waals surface area (Å²) in [5.74, 6) is -0.718. The van der Waals surface area contributed by atoms with E-state index in [1.54, 1.807) is 6.07 Å². The average Bonchev–Trinajstić information content (AvgIpc) is 3.69. The molecule has 0 bridgehead atoms. The second-order valence-electron chi connectivity index (χ2n) is 13.5. The monoisotopic (exact) mass is 717 g/mol. The van der Waals surface area contributed by atoms with E-state index in [1.165, 1.54) is 18.5 Å². The van der Waals surface area contributed by atoms with Gasteiger partial charge in [0.05, 0.1) is 18.4 Å². The minimum atomic E-state index is -2.99. The molecule has 1 unspecified atom stereocenters. The van der Waals surface area contributed by atoms with E-state index in [2.05, 4.69) is 69.9 Å². The van der Waals surface area contributed by atoms with Gasteiger partial charge in [-0.3, -0.25) is 15.2 Å². The maximum Gasteiger partial charge on any atom is 0.388 e. The maximum atomic E-state index is 13.5. The molecule has 4 aromatic heterocycles. The van der Waals surface area contributed by atoms with Crippen LogP contribution in [-0.2, 0) is 6.54 Å². The van der Waals surface area contributed by atoms with Crippen LogP contribution in [0.3, 0.4) is 0 Å². The predicted octanol–water partition coefficient (Wildman–Crippen LogP) is 4.27. The highest BCUT2D eigenvalue weighted by atomic mass is 19.3. The van der Waals surface area contributed by atoms with E-state index in [4.69, 9.17) is 14.5 Å². The third kappa shape index (κ3) is 9.32. The lowest BCUT2D eigenvalue weighted by Crippen LogP contribution is -2.54. The third-order valence-electron chi connectivity index (χ3n) is 9.17. The van der Waals surface area contributed by atoms with E-state index < -0.39 is 12.5 Å². The van der Waals surface area contributed by atoms with Crippen molar-refractivity contribution in [2.45, 2.75) is 94.7 Å². The standard InChI is InChI=1S/C32H40F4N12O3/c1-18-7-22(50-29-14-37-13-26(41-29)39-25-10-28(46-45-25)51-31(33)34)8-20(38-18)15-48-16-27(42-30(17-48)49-21-3-5-47(2)6-4-21)40-24-9-23(43-44-24)19-11-32(35,36)12-19/h9-10,13-14,16-22,31,38,42H,3-8,11-12,15H2,1-2H3,(H2,37,39,40,41,43,44,45,46)/p+1/t18-,20+,22?/m1/s1. The van der Waals surface area contributed by atoms with E-state index >= 15 is 0 Å². The molecule has 0 aromatic carbocycles. The second kappa shape index (κ2) is 14.8. The molecule has 19 heteroatoms. The summed E-state index contributed by atoms with van der Waals surface area (Å²) in [6.45, 7) is 1.56. The molecule has 5 N–H and O–H groups in total. The first-order valence-electron chi connectivity index (χ1n) is 17.0. The molecule has 2 saturated heterocycles. The van der Waals surface area contributed by atoms with Gasteiger partial charge in [0.15, 0.2) is 24.0 Å². The van der Waals surface area contributed by atoms with Crippen molar-refractivity contribution in [3.63, 3.8) is 0 Å². The number of nitrogens with one attached hydrogen (secondary N) is 5. The van der Waals surface area contributed by atoms with Gasteiger partial charge < -0.3 is 35.1 Å². The number of rotatable bonds is 13. The van der Waals surface area contributed by atoms with E-state index in [9.17, 15) is 17.6 Å². The number of aromatic nitrogens is 8. The summed E-state index contributed by atoms with van der Waals surface area (Å²) < 4.78 is 70.9. The minimum Gasteiger partial charge on any atom is -0.473 e. The molecular formula is C32H41F4N12O3+. The lowest BCUT2D eigenvalue weighted by molar-refractivity contribution is -0.700. The quantitative estimate of drug-likeness (QED) is 0.0987. The Kier molecular flexibility index (Phi) is 10.1. The van der Waals surface area contributed by atoms with Gasteiger partial charge in [0.1, 0.15) is 18.0 Å². The summed E-state index contributed by atoms with van der Waals surface area (Å²) in [5, 5.41) is 23.3. The molecule has 3 fully saturated rings. The van der Waals surface area contributed by atoms with Crippen LogP contribution in [0.5, 0.6) is 17.6 Å². The summed E-state index contributed by atoms with van der Waals surface area (Å²) in [6, 6.07) is 3.19. The molecule has 1 aliphatic carbocycles. The van der Waals surface area contributed by atoms with Gasteiger partial charge in [-0.2, -0.15) is 28.4 Å². The van der Waals surface area contributed by atoms with E-state index in [0.717, 1.165) is 32.4 Å². The first-order chi connectivity index (χ1) is 24.5. The van der Waals surface area contributed by atoms with Crippen molar-refractivity contribution in [3.05, 3.63) is 42.6 Å². The normalized spacial score (nSPS) is 22.8. The molecule has 6 heterocycles. The first kappa shape index (κ1) is 34.7. The number of hydrogen-bond acceptors (Lipinski definition) is 12. The molecule has 4 aromatic rings. The van der Waals surface area contributed by atoms with Crippen LogP contribution in [0, 0.1) is 0 Å². The molecule has 51 heavy (non-hydrogen) atoms. The van der Waals surface area contributed by atoms with Gasteiger partial charge in [-0.25, -0.2) is 8.78 Å². The summed E-state index contributed by atoms with van der Waals surface area (Å²) in [6.07, 6.45) is 9.41. The maximum absolute atomic E-state index is 13.5. The number of hydrogen-bond donors (Lipinski definition) is 5. The van der Waals surface area contributed by atoms with Crippen LogP contribution in [0.25, 0.3) is 0 Å². The largest absolute Gasteiger partial charge is 0.473 e. The Balaban J connectivity index is 1.02. The summed E-state index contributed by atoms with van der Waals surface area (Å²) in [7, 11) is 2.10. The van der Waals surface area contributed by atoms with Gasteiger partial charge in [-0.05, 0) is 33.2 Å². The Morgan fingerprint density at radius 1 is 0.922 bits per heavy atom. The smallest absolute Gasteiger partial charge is 0.388 e. The van der Waals surface area contributed by atoms with Crippen molar-refractivity contribution in [2.75, 3.05) is 30.8 Å². The number of nitrogens with zero attached hydrogens (tertiary/aromatic N) is 7. The molecule has 274 valence electrons. The van der Waals surface area contributed by atoms with E-state index in [0.29, 0.717) is 53.7 Å². The van der Waals surface area contributed by atoms with Crippen molar-refractivity contribution in [1.29, 1.82) is 0 Å². The van der Waals surface area contributed by atoms with Crippen LogP contribution >= 0.6 is 0 Å². The van der Waals surface area contributed by atoms with Gasteiger partial charge in [-0.15, -0.1) is 5.10 Å². The SMILES string of the molecule is C[C@@H]1CC(Oc2cncc(Nc3cc(OC(F)F)n[nH]3)n2)C[C@@H](C[n+]2cc(Nc3cc(C4CC(F)(F)C4)[nH]n3)nc(OC3CCN(C)CC3)c2)N1. The summed E-state index contributed by atoms with van der Waals surface area (Å²) in [5.41, 5.74) is 0.669. The van der Waals surface area contributed by atoms with Crippen molar-refractivity contribution < 1.29 is 36.3 Å². The number of ether oxygens (including phenoxy) is 3. The van der Waals surface area contributed by atoms with Gasteiger partial charge in [-0.1, -0.05) is 0 Å². The highest BCUT2D eigenvalue weighted by Gasteiger charge is 2.46. The van der Waals surface area contributed by atoms with Crippen LogP contribution in [0.15, 0.2) is 36.9 Å². The highest BCUT2D eigenvalue weighted by Crippen LogP contribution is 2.48. The Labute approximate surface area is 290 Å². The fourth-order valence-corrected chi connectivity index (χ4v) is 6.75. The molecule has 15 nitrogen and oxygen atoms in total. The van der Waals surface area contributed by atoms with Gasteiger partial charge in [0.25, 0.3) is 5.88 Å². The molecule has 0 spiro atoms. The number of aromatic amines is 2. The van der Waals surface area contributed by atoms with Gasteiger partial charge >= 0.3 is 6.61 Å². The number of H-pyrrole nitrogens is 2.